The number of carbonyl (C=O) groups is 1. The van der Waals surface area contributed by atoms with Crippen LogP contribution in [-0.4, -0.2) is 6.03 Å². The second-order valence-electron chi connectivity index (χ2n) is 2.35. The molecule has 1 aromatic carbocycles. The van der Waals surface area contributed by atoms with Gasteiger partial charge in [0.2, 0.25) is 0 Å². The van der Waals surface area contributed by atoms with Crippen molar-refractivity contribution >= 4 is 6.03 Å². The zero-order valence-electron chi connectivity index (χ0n) is 6.08. The van der Waals surface area contributed by atoms with Crippen molar-refractivity contribution in [1.82, 2.24) is 0 Å². The lowest BCUT2D eigenvalue weighted by molar-refractivity contribution is 0.256. The highest BCUT2D eigenvalue weighted by Gasteiger charge is 2.12. The highest BCUT2D eigenvalue weighted by molar-refractivity contribution is 5.69. The summed E-state index contributed by atoms with van der Waals surface area (Å²) in [6.45, 7) is 0. The molecule has 0 unspecified atom stereocenters. The Morgan fingerprint density at radius 1 is 1.18 bits per heavy atom. The number of hydrogen-bond acceptors (Lipinski definition) is 1. The van der Waals surface area contributed by atoms with E-state index >= 15 is 0 Å². The molecule has 0 spiro atoms. The predicted octanol–water partition coefficient (Wildman–Crippen LogP) is 0.615. The molecule has 1 aliphatic rings. The van der Waals surface area contributed by atoms with Crippen LogP contribution in [0.5, 0.6) is 0 Å². The largest absolute Gasteiger partial charge is 0.352 e. The van der Waals surface area contributed by atoms with Crippen LogP contribution in [0.25, 0.3) is 0 Å². The SMILES string of the molecule is NC(N)=O.c1ccc2c(c1)C2. The fourth-order valence-electron chi connectivity index (χ4n) is 0.836. The molecule has 4 N–H and O–H groups in total. The Hall–Kier alpha value is -1.51. The van der Waals surface area contributed by atoms with Crippen LogP contribution in [-0.2, 0) is 6.42 Å². The summed E-state index contributed by atoms with van der Waals surface area (Å²) < 4.78 is 0. The number of rotatable bonds is 0. The van der Waals surface area contributed by atoms with E-state index in [0.717, 1.165) is 0 Å². The summed E-state index contributed by atoms with van der Waals surface area (Å²) in [4.78, 5) is 9.00. The number of nitrogens with two attached hydrogens (primary N) is 2. The van der Waals surface area contributed by atoms with E-state index in [4.69, 9.17) is 4.79 Å². The number of amides is 2. The first-order valence-corrected chi connectivity index (χ1v) is 3.32. The van der Waals surface area contributed by atoms with Crippen LogP contribution in [0.2, 0.25) is 0 Å². The van der Waals surface area contributed by atoms with E-state index < -0.39 is 6.03 Å². The lowest BCUT2D eigenvalue weighted by Gasteiger charge is -1.69. The fourth-order valence-corrected chi connectivity index (χ4v) is 0.836. The molecule has 0 heterocycles. The van der Waals surface area contributed by atoms with Crippen LogP contribution in [0.3, 0.4) is 0 Å². The summed E-state index contributed by atoms with van der Waals surface area (Å²) in [7, 11) is 0. The summed E-state index contributed by atoms with van der Waals surface area (Å²) in [5.41, 5.74) is 11.6. The van der Waals surface area contributed by atoms with E-state index in [-0.39, 0.29) is 0 Å². The van der Waals surface area contributed by atoms with Crippen molar-refractivity contribution in [2.75, 3.05) is 0 Å². The van der Waals surface area contributed by atoms with Gasteiger partial charge in [-0.05, 0) is 17.5 Å². The molecule has 0 atom stereocenters. The Morgan fingerprint density at radius 2 is 1.55 bits per heavy atom. The minimum Gasteiger partial charge on any atom is -0.352 e. The third kappa shape index (κ3) is 2.71. The Morgan fingerprint density at radius 3 is 1.82 bits per heavy atom. The molecule has 3 heteroatoms. The van der Waals surface area contributed by atoms with Crippen molar-refractivity contribution < 1.29 is 4.79 Å². The van der Waals surface area contributed by atoms with Gasteiger partial charge in [0.25, 0.3) is 0 Å². The van der Waals surface area contributed by atoms with Crippen LogP contribution in [0.4, 0.5) is 4.79 Å². The maximum atomic E-state index is 9.00. The molecule has 11 heavy (non-hydrogen) atoms. The van der Waals surface area contributed by atoms with E-state index in [1.165, 1.54) is 17.5 Å². The van der Waals surface area contributed by atoms with Crippen molar-refractivity contribution in [2.24, 2.45) is 11.5 Å². The van der Waals surface area contributed by atoms with Crippen LogP contribution < -0.4 is 11.5 Å². The lowest BCUT2D eigenvalue weighted by atomic mass is 10.4. The highest BCUT2D eigenvalue weighted by atomic mass is 16.2. The molecular weight excluding hydrogens is 140 g/mol. The highest BCUT2D eigenvalue weighted by Crippen LogP contribution is 2.25. The minimum atomic E-state index is -0.833. The Balaban J connectivity index is 0.000000134. The van der Waals surface area contributed by atoms with Crippen molar-refractivity contribution in [3.05, 3.63) is 35.4 Å². The van der Waals surface area contributed by atoms with Gasteiger partial charge in [-0.2, -0.15) is 0 Å². The molecule has 58 valence electrons. The Labute approximate surface area is 65.0 Å². The van der Waals surface area contributed by atoms with E-state index in [0.29, 0.717) is 0 Å². The van der Waals surface area contributed by atoms with Crippen molar-refractivity contribution in [1.29, 1.82) is 0 Å². The van der Waals surface area contributed by atoms with E-state index in [1.54, 1.807) is 0 Å². The normalized spacial score (nSPS) is 10.5. The minimum absolute atomic E-state index is 0.833. The van der Waals surface area contributed by atoms with E-state index in [1.807, 2.05) is 0 Å². The maximum Gasteiger partial charge on any atom is 0.309 e. The third-order valence-electron chi connectivity index (χ3n) is 1.37. The second kappa shape index (κ2) is 3.05. The third-order valence-corrected chi connectivity index (χ3v) is 1.37. The van der Waals surface area contributed by atoms with Crippen molar-refractivity contribution in [3.8, 4) is 0 Å². The summed E-state index contributed by atoms with van der Waals surface area (Å²) in [6.07, 6.45) is 1.24. The Kier molecular flexibility index (Phi) is 2.11. The number of urea groups is 1. The number of carbonyl (C=O) groups excluding carboxylic acids is 1. The van der Waals surface area contributed by atoms with Gasteiger partial charge in [-0.1, -0.05) is 24.3 Å². The molecule has 1 aliphatic carbocycles. The summed E-state index contributed by atoms with van der Waals surface area (Å²) >= 11 is 0. The molecule has 0 aromatic heterocycles. The van der Waals surface area contributed by atoms with Gasteiger partial charge in [0.1, 0.15) is 0 Å². The molecule has 1 aromatic rings. The van der Waals surface area contributed by atoms with Gasteiger partial charge in [0.15, 0.2) is 0 Å². The average molecular weight is 150 g/mol. The van der Waals surface area contributed by atoms with Crippen LogP contribution in [0, 0.1) is 0 Å². The molecule has 0 aliphatic heterocycles. The zero-order chi connectivity index (χ0) is 8.27. The quantitative estimate of drug-likeness (QED) is 0.567. The molecular formula is C8H10N2O. The van der Waals surface area contributed by atoms with Gasteiger partial charge >= 0.3 is 6.03 Å². The molecule has 0 saturated carbocycles. The summed E-state index contributed by atoms with van der Waals surface area (Å²) in [5.74, 6) is 0. The molecule has 0 saturated heterocycles. The fraction of sp³-hybridized carbons (Fsp3) is 0.125. The molecule has 0 radical (unpaired) electrons. The first-order valence-electron chi connectivity index (χ1n) is 3.32. The van der Waals surface area contributed by atoms with Crippen LogP contribution in [0.1, 0.15) is 11.1 Å². The van der Waals surface area contributed by atoms with Gasteiger partial charge in [-0.3, -0.25) is 0 Å². The monoisotopic (exact) mass is 150 g/mol. The molecule has 3 nitrogen and oxygen atoms in total. The van der Waals surface area contributed by atoms with Gasteiger partial charge in [0.05, 0.1) is 0 Å². The second-order valence-corrected chi connectivity index (χ2v) is 2.35. The Bertz CT molecular complexity index is 246. The first kappa shape index (κ1) is 7.60. The predicted molar refractivity (Wildman–Crippen MR) is 43.0 cm³/mol. The van der Waals surface area contributed by atoms with Gasteiger partial charge in [0, 0.05) is 0 Å². The van der Waals surface area contributed by atoms with Gasteiger partial charge in [-0.15, -0.1) is 0 Å². The number of primary amides is 2. The van der Waals surface area contributed by atoms with E-state index in [2.05, 4.69) is 35.7 Å². The standard InChI is InChI=1S/C7H6.CH4N2O/c1-2-4-7-5-6(7)3-1;2-1(3)4/h1-4H,5H2;(H4,2,3,4). The number of benzene rings is 1. The van der Waals surface area contributed by atoms with Gasteiger partial charge < -0.3 is 11.5 Å². The van der Waals surface area contributed by atoms with Crippen LogP contribution in [0.15, 0.2) is 24.3 Å². The summed E-state index contributed by atoms with van der Waals surface area (Å²) in [5, 5.41) is 0. The number of hydrogen-bond donors (Lipinski definition) is 2. The molecule has 0 bridgehead atoms. The molecule has 0 fully saturated rings. The van der Waals surface area contributed by atoms with Crippen LogP contribution >= 0.6 is 0 Å². The molecule has 2 rings (SSSR count). The average Bonchev–Trinajstić information content (AvgIpc) is 2.62. The van der Waals surface area contributed by atoms with E-state index in [9.17, 15) is 0 Å². The van der Waals surface area contributed by atoms with Gasteiger partial charge in [-0.25, -0.2) is 4.79 Å². The summed E-state index contributed by atoms with van der Waals surface area (Å²) in [6, 6.07) is 7.70. The lowest BCUT2D eigenvalue weighted by Crippen LogP contribution is -2.18. The smallest absolute Gasteiger partial charge is 0.309 e. The first-order chi connectivity index (χ1) is 5.20. The maximum absolute atomic E-state index is 9.00. The number of fused-ring (bicyclic) bond motifs is 1. The van der Waals surface area contributed by atoms with Crippen molar-refractivity contribution in [3.63, 3.8) is 0 Å². The van der Waals surface area contributed by atoms with Crippen molar-refractivity contribution in [2.45, 2.75) is 6.42 Å². The topological polar surface area (TPSA) is 69.1 Å². The molecule has 2 amide bonds. The zero-order valence-corrected chi connectivity index (χ0v) is 6.08.